The molecule has 2 heterocycles. The molecule has 0 spiro atoms. The number of hydrogen-bond donors (Lipinski definition) is 0. The summed E-state index contributed by atoms with van der Waals surface area (Å²) in [5, 5.41) is 0. The Morgan fingerprint density at radius 2 is 1.44 bits per heavy atom. The fraction of sp³-hybridized carbons (Fsp3) is 0.111. The van der Waals surface area contributed by atoms with Crippen LogP contribution >= 0.6 is 0 Å². The maximum atomic E-state index is 6.66. The van der Waals surface area contributed by atoms with Crippen molar-refractivity contribution < 1.29 is 9.47 Å². The Morgan fingerprint density at radius 3 is 2.27 bits per heavy atom. The van der Waals surface area contributed by atoms with E-state index < -0.39 is 0 Å². The molecule has 322 valence electrons. The van der Waals surface area contributed by atoms with Crippen LogP contribution in [0.2, 0.25) is 0 Å². The third kappa shape index (κ3) is 7.99. The molecular weight excluding hydrogens is 803 g/mol. The Labute approximate surface area is 390 Å². The first-order chi connectivity index (χ1) is 32.4. The molecule has 3 aliphatic carbocycles. The molecule has 0 amide bonds. The van der Waals surface area contributed by atoms with Crippen LogP contribution in [0.15, 0.2) is 238 Å². The lowest BCUT2D eigenvalue weighted by Crippen LogP contribution is -2.22. The summed E-state index contributed by atoms with van der Waals surface area (Å²) in [6, 6.07) is 35.3. The topological polar surface area (TPSA) is 21.7 Å². The molecule has 0 saturated carbocycles. The monoisotopic (exact) mass is 855 g/mol. The average Bonchev–Trinajstić information content (AvgIpc) is 3.78. The molecule has 0 saturated heterocycles. The second-order valence-corrected chi connectivity index (χ2v) is 17.3. The summed E-state index contributed by atoms with van der Waals surface area (Å²) in [7, 11) is 2.13. The fourth-order valence-electron chi connectivity index (χ4n) is 10.0. The standard InChI is InChI=1S/C63H53NO2/c1-6-8-10-20-47-39-48-30-29-46(40-59(48)55-22-13-12-21-52(47)55)45-31-34-50(35-32-45)64(5)60-36-33-49(54-26-18-27-57-56-23-14-15-28-61(56)66-63(54)57)41-58(60)43(4)38-44(7-2)53-25-17-24-51-42(3)19-11-9-16-37-65-62(51)53/h6-36,38,40-41,52,55-56,61H,1-4,37,39H2,5H3/b10-8-,16-9-,19-11-,44-38+,47-20+. The highest BCUT2D eigenvalue weighted by molar-refractivity contribution is 5.95. The van der Waals surface area contributed by atoms with Gasteiger partial charge in [-0.2, -0.15) is 0 Å². The smallest absolute Gasteiger partial charge is 0.135 e. The van der Waals surface area contributed by atoms with Gasteiger partial charge in [0.25, 0.3) is 0 Å². The predicted octanol–water partition coefficient (Wildman–Crippen LogP) is 15.6. The molecule has 0 aromatic heterocycles. The van der Waals surface area contributed by atoms with Crippen LogP contribution in [0.5, 0.6) is 11.5 Å². The summed E-state index contributed by atoms with van der Waals surface area (Å²) in [4.78, 5) is 2.25. The molecule has 4 atom stereocenters. The molecule has 5 aromatic carbocycles. The van der Waals surface area contributed by atoms with E-state index in [-0.39, 0.29) is 12.0 Å². The van der Waals surface area contributed by atoms with Gasteiger partial charge in [0.05, 0.1) is 0 Å². The molecule has 4 unspecified atom stereocenters. The van der Waals surface area contributed by atoms with E-state index in [0.717, 1.165) is 73.8 Å². The van der Waals surface area contributed by atoms with Gasteiger partial charge in [0, 0.05) is 64.0 Å². The van der Waals surface area contributed by atoms with Crippen molar-refractivity contribution in [3.8, 4) is 33.8 Å². The van der Waals surface area contributed by atoms with Gasteiger partial charge in [-0.1, -0.05) is 196 Å². The van der Waals surface area contributed by atoms with Gasteiger partial charge in [0.1, 0.15) is 24.2 Å². The maximum Gasteiger partial charge on any atom is 0.135 e. The van der Waals surface area contributed by atoms with Gasteiger partial charge in [-0.3, -0.25) is 0 Å². The van der Waals surface area contributed by atoms with Crippen molar-refractivity contribution in [2.75, 3.05) is 18.6 Å². The van der Waals surface area contributed by atoms with Gasteiger partial charge in [-0.15, -0.1) is 0 Å². The summed E-state index contributed by atoms with van der Waals surface area (Å²) >= 11 is 0. The van der Waals surface area contributed by atoms with Crippen LogP contribution in [0.1, 0.15) is 45.2 Å². The predicted molar refractivity (Wildman–Crippen MR) is 279 cm³/mol. The fourth-order valence-corrected chi connectivity index (χ4v) is 10.0. The van der Waals surface area contributed by atoms with Crippen LogP contribution in [0.25, 0.3) is 39.0 Å². The van der Waals surface area contributed by atoms with E-state index in [1.807, 2.05) is 48.6 Å². The molecule has 5 aromatic rings. The Balaban J connectivity index is 1.01. The van der Waals surface area contributed by atoms with E-state index in [1.165, 1.54) is 33.4 Å². The van der Waals surface area contributed by atoms with Crippen molar-refractivity contribution in [3.05, 3.63) is 272 Å². The van der Waals surface area contributed by atoms with Crippen molar-refractivity contribution in [2.45, 2.75) is 24.4 Å². The molecule has 3 nitrogen and oxygen atoms in total. The van der Waals surface area contributed by atoms with Gasteiger partial charge in [-0.25, -0.2) is 0 Å². The van der Waals surface area contributed by atoms with E-state index in [1.54, 1.807) is 0 Å². The van der Waals surface area contributed by atoms with Gasteiger partial charge in [0.15, 0.2) is 0 Å². The molecule has 0 radical (unpaired) electrons. The first-order valence-corrected chi connectivity index (χ1v) is 22.8. The zero-order chi connectivity index (χ0) is 45.1. The number of benzene rings is 5. The average molecular weight is 856 g/mol. The maximum absolute atomic E-state index is 6.66. The van der Waals surface area contributed by atoms with Crippen LogP contribution in [0.4, 0.5) is 11.4 Å². The second-order valence-electron chi connectivity index (χ2n) is 17.3. The molecule has 5 aliphatic rings. The minimum absolute atomic E-state index is 0.00880. The van der Waals surface area contributed by atoms with Crippen molar-refractivity contribution in [3.63, 3.8) is 0 Å². The number of fused-ring (bicyclic) bond motifs is 7. The third-order valence-corrected chi connectivity index (χ3v) is 13.5. The van der Waals surface area contributed by atoms with Crippen molar-refractivity contribution >= 4 is 28.1 Å². The molecule has 3 heteroatoms. The number of nitrogens with zero attached hydrogens (tertiary/aromatic N) is 1. The number of para-hydroxylation sites is 2. The number of ether oxygens (including phenoxy) is 2. The van der Waals surface area contributed by atoms with Crippen molar-refractivity contribution in [1.82, 2.24) is 0 Å². The second kappa shape index (κ2) is 18.3. The van der Waals surface area contributed by atoms with Crippen LogP contribution in [0, 0.1) is 5.92 Å². The van der Waals surface area contributed by atoms with E-state index >= 15 is 0 Å². The quantitative estimate of drug-likeness (QED) is 0.131. The molecule has 0 bridgehead atoms. The van der Waals surface area contributed by atoms with Gasteiger partial charge < -0.3 is 14.4 Å². The minimum Gasteiger partial charge on any atom is -0.488 e. The Bertz CT molecular complexity index is 3080. The van der Waals surface area contributed by atoms with E-state index in [2.05, 4.69) is 190 Å². The highest BCUT2D eigenvalue weighted by Crippen LogP contribution is 2.49. The van der Waals surface area contributed by atoms with Crippen LogP contribution in [-0.4, -0.2) is 19.8 Å². The SMILES string of the molecule is C=C/C=C\C=C1/Cc2ccc(-c3ccc(N(C)c4ccc(-c5cccc6c5OC5C=CC=CC65)cc4C(=C)/C=C(\C=C)c4cccc5c4OC/C=C\C=C/C5=C)cc3)cc2C2C=CC=CC12. The number of rotatable bonds is 10. The lowest BCUT2D eigenvalue weighted by Gasteiger charge is -2.34. The van der Waals surface area contributed by atoms with E-state index in [0.29, 0.717) is 18.4 Å². The summed E-state index contributed by atoms with van der Waals surface area (Å²) in [5.74, 6) is 2.57. The van der Waals surface area contributed by atoms with E-state index in [4.69, 9.17) is 16.1 Å². The zero-order valence-electron chi connectivity index (χ0n) is 37.4. The molecule has 10 rings (SSSR count). The van der Waals surface area contributed by atoms with Crippen LogP contribution in [0.3, 0.4) is 0 Å². The van der Waals surface area contributed by atoms with Gasteiger partial charge >= 0.3 is 0 Å². The Kier molecular flexibility index (Phi) is 11.7. The van der Waals surface area contributed by atoms with Gasteiger partial charge in [0.2, 0.25) is 0 Å². The molecule has 2 aliphatic heterocycles. The summed E-state index contributed by atoms with van der Waals surface area (Å²) in [6.45, 7) is 17.7. The highest BCUT2D eigenvalue weighted by atomic mass is 16.5. The number of anilines is 2. The third-order valence-electron chi connectivity index (χ3n) is 13.5. The largest absolute Gasteiger partial charge is 0.488 e. The molecule has 66 heavy (non-hydrogen) atoms. The Morgan fingerprint density at radius 1 is 0.682 bits per heavy atom. The Hall–Kier alpha value is -7.88. The first-order valence-electron chi connectivity index (χ1n) is 22.8. The number of hydrogen-bond acceptors (Lipinski definition) is 3. The van der Waals surface area contributed by atoms with Crippen molar-refractivity contribution in [1.29, 1.82) is 0 Å². The highest BCUT2D eigenvalue weighted by Gasteiger charge is 2.34. The van der Waals surface area contributed by atoms with E-state index in [9.17, 15) is 0 Å². The summed E-state index contributed by atoms with van der Waals surface area (Å²) < 4.78 is 13.1. The first kappa shape index (κ1) is 42.1. The molecular formula is C63H53NO2. The summed E-state index contributed by atoms with van der Waals surface area (Å²) in [6.07, 6.45) is 38.8. The van der Waals surface area contributed by atoms with Crippen LogP contribution in [-0.2, 0) is 6.42 Å². The lowest BCUT2D eigenvalue weighted by molar-refractivity contribution is 0.270. The molecule has 0 fully saturated rings. The normalized spacial score (nSPS) is 21.5. The van der Waals surface area contributed by atoms with Crippen LogP contribution < -0.4 is 14.4 Å². The molecule has 0 N–H and O–H groups in total. The lowest BCUT2D eigenvalue weighted by atomic mass is 9.70. The van der Waals surface area contributed by atoms with Gasteiger partial charge in [-0.05, 0) is 93.5 Å². The minimum atomic E-state index is -0.00880. The van der Waals surface area contributed by atoms with Crippen molar-refractivity contribution in [2.24, 2.45) is 5.92 Å². The number of allylic oxidation sites excluding steroid dienone is 19. The summed E-state index contributed by atoms with van der Waals surface area (Å²) in [5.41, 5.74) is 17.5. The zero-order valence-corrected chi connectivity index (χ0v) is 37.4.